The zero-order valence-corrected chi connectivity index (χ0v) is 7.49. The quantitative estimate of drug-likeness (QED) is 0.645. The average molecular weight is 172 g/mol. The molecule has 0 unspecified atom stereocenters. The SMILES string of the molecule is C=CCCc1cc2ccccc2o1. The van der Waals surface area contributed by atoms with Gasteiger partial charge in [-0.25, -0.2) is 0 Å². The monoisotopic (exact) mass is 172 g/mol. The molecule has 1 nitrogen and oxygen atoms in total. The van der Waals surface area contributed by atoms with E-state index in [4.69, 9.17) is 4.42 Å². The summed E-state index contributed by atoms with van der Waals surface area (Å²) >= 11 is 0. The van der Waals surface area contributed by atoms with E-state index in [1.807, 2.05) is 24.3 Å². The Kier molecular flexibility index (Phi) is 2.17. The third kappa shape index (κ3) is 1.64. The fourth-order valence-electron chi connectivity index (χ4n) is 1.40. The molecule has 0 N–H and O–H groups in total. The molecule has 0 bridgehead atoms. The second-order valence-electron chi connectivity index (χ2n) is 3.08. The van der Waals surface area contributed by atoms with Crippen LogP contribution >= 0.6 is 0 Å². The Bertz CT molecular complexity index is 379. The van der Waals surface area contributed by atoms with Crippen LogP contribution in [-0.2, 0) is 6.42 Å². The topological polar surface area (TPSA) is 13.1 Å². The standard InChI is InChI=1S/C12H12O/c1-2-3-7-11-9-10-6-4-5-8-12(10)13-11/h2,4-6,8-9H,1,3,7H2. The Morgan fingerprint density at radius 1 is 1.31 bits per heavy atom. The Balaban J connectivity index is 2.32. The highest BCUT2D eigenvalue weighted by Gasteiger charge is 2.00. The molecule has 0 saturated carbocycles. The van der Waals surface area contributed by atoms with E-state index in [-0.39, 0.29) is 0 Å². The number of para-hydroxylation sites is 1. The molecule has 0 fully saturated rings. The average Bonchev–Trinajstić information content (AvgIpc) is 2.57. The smallest absolute Gasteiger partial charge is 0.134 e. The Labute approximate surface area is 77.7 Å². The van der Waals surface area contributed by atoms with E-state index in [1.165, 1.54) is 5.39 Å². The van der Waals surface area contributed by atoms with E-state index in [0.29, 0.717) is 0 Å². The van der Waals surface area contributed by atoms with Gasteiger partial charge in [-0.15, -0.1) is 6.58 Å². The van der Waals surface area contributed by atoms with Gasteiger partial charge in [0.05, 0.1) is 0 Å². The first kappa shape index (κ1) is 8.11. The van der Waals surface area contributed by atoms with E-state index in [1.54, 1.807) is 0 Å². The number of aryl methyl sites for hydroxylation is 1. The number of hydrogen-bond acceptors (Lipinski definition) is 1. The summed E-state index contributed by atoms with van der Waals surface area (Å²) in [6.45, 7) is 3.69. The second kappa shape index (κ2) is 3.48. The molecule has 0 aliphatic rings. The molecule has 0 radical (unpaired) electrons. The van der Waals surface area contributed by atoms with Crippen molar-refractivity contribution in [2.75, 3.05) is 0 Å². The number of fused-ring (bicyclic) bond motifs is 1. The van der Waals surface area contributed by atoms with Gasteiger partial charge in [-0.3, -0.25) is 0 Å². The van der Waals surface area contributed by atoms with Gasteiger partial charge in [0.2, 0.25) is 0 Å². The van der Waals surface area contributed by atoms with Gasteiger partial charge in [0.25, 0.3) is 0 Å². The van der Waals surface area contributed by atoms with Crippen molar-refractivity contribution >= 4 is 11.0 Å². The predicted molar refractivity (Wildman–Crippen MR) is 54.7 cm³/mol. The number of hydrogen-bond donors (Lipinski definition) is 0. The number of allylic oxidation sites excluding steroid dienone is 1. The molecule has 13 heavy (non-hydrogen) atoms. The molecule has 2 rings (SSSR count). The van der Waals surface area contributed by atoms with Crippen molar-refractivity contribution in [1.29, 1.82) is 0 Å². The van der Waals surface area contributed by atoms with Gasteiger partial charge in [0, 0.05) is 11.8 Å². The first-order valence-corrected chi connectivity index (χ1v) is 4.48. The molecule has 1 heteroatoms. The van der Waals surface area contributed by atoms with Gasteiger partial charge in [0.15, 0.2) is 0 Å². The van der Waals surface area contributed by atoms with Crippen molar-refractivity contribution in [3.63, 3.8) is 0 Å². The Morgan fingerprint density at radius 3 is 2.92 bits per heavy atom. The molecule has 1 aromatic heterocycles. The fraction of sp³-hybridized carbons (Fsp3) is 0.167. The molecule has 1 aromatic carbocycles. The summed E-state index contributed by atoms with van der Waals surface area (Å²) in [5.41, 5.74) is 0.974. The molecule has 0 atom stereocenters. The van der Waals surface area contributed by atoms with E-state index in [9.17, 15) is 0 Å². The molecule has 0 saturated heterocycles. The Morgan fingerprint density at radius 2 is 2.15 bits per heavy atom. The minimum absolute atomic E-state index is 0.943. The van der Waals surface area contributed by atoms with Crippen LogP contribution in [0.15, 0.2) is 47.4 Å². The fourth-order valence-corrected chi connectivity index (χ4v) is 1.40. The van der Waals surface area contributed by atoms with Gasteiger partial charge >= 0.3 is 0 Å². The molecule has 2 aromatic rings. The van der Waals surface area contributed by atoms with E-state index >= 15 is 0 Å². The lowest BCUT2D eigenvalue weighted by atomic mass is 10.2. The van der Waals surface area contributed by atoms with Crippen LogP contribution in [0, 0.1) is 0 Å². The van der Waals surface area contributed by atoms with E-state index in [2.05, 4.69) is 18.7 Å². The maximum atomic E-state index is 5.62. The molecule has 0 aliphatic heterocycles. The Hall–Kier alpha value is -1.50. The molecule has 1 heterocycles. The van der Waals surface area contributed by atoms with Crippen molar-refractivity contribution in [3.05, 3.63) is 48.7 Å². The number of benzene rings is 1. The highest BCUT2D eigenvalue weighted by Crippen LogP contribution is 2.19. The van der Waals surface area contributed by atoms with Crippen molar-refractivity contribution < 1.29 is 4.42 Å². The van der Waals surface area contributed by atoms with Crippen LogP contribution in [0.2, 0.25) is 0 Å². The number of furan rings is 1. The third-order valence-corrected chi connectivity index (χ3v) is 2.07. The minimum atomic E-state index is 0.943. The van der Waals surface area contributed by atoms with Crippen LogP contribution in [0.1, 0.15) is 12.2 Å². The zero-order valence-electron chi connectivity index (χ0n) is 7.49. The second-order valence-corrected chi connectivity index (χ2v) is 3.08. The van der Waals surface area contributed by atoms with Crippen molar-refractivity contribution in [2.24, 2.45) is 0 Å². The van der Waals surface area contributed by atoms with Crippen LogP contribution in [0.25, 0.3) is 11.0 Å². The van der Waals surface area contributed by atoms with Crippen LogP contribution in [0.3, 0.4) is 0 Å². The summed E-state index contributed by atoms with van der Waals surface area (Å²) in [5, 5.41) is 1.18. The van der Waals surface area contributed by atoms with Crippen molar-refractivity contribution in [2.45, 2.75) is 12.8 Å². The number of rotatable bonds is 3. The lowest BCUT2D eigenvalue weighted by molar-refractivity contribution is 0.549. The van der Waals surface area contributed by atoms with Crippen LogP contribution < -0.4 is 0 Å². The maximum Gasteiger partial charge on any atom is 0.134 e. The normalized spacial score (nSPS) is 10.5. The first-order valence-electron chi connectivity index (χ1n) is 4.48. The van der Waals surface area contributed by atoms with E-state index in [0.717, 1.165) is 24.2 Å². The van der Waals surface area contributed by atoms with Gasteiger partial charge in [-0.1, -0.05) is 24.3 Å². The molecular weight excluding hydrogens is 160 g/mol. The van der Waals surface area contributed by atoms with Crippen LogP contribution in [0.4, 0.5) is 0 Å². The first-order chi connectivity index (χ1) is 6.40. The molecule has 0 aliphatic carbocycles. The minimum Gasteiger partial charge on any atom is -0.461 e. The largest absolute Gasteiger partial charge is 0.461 e. The summed E-state index contributed by atoms with van der Waals surface area (Å²) in [6.07, 6.45) is 3.82. The summed E-state index contributed by atoms with van der Waals surface area (Å²) in [4.78, 5) is 0. The zero-order chi connectivity index (χ0) is 9.10. The molecule has 66 valence electrons. The third-order valence-electron chi connectivity index (χ3n) is 2.07. The van der Waals surface area contributed by atoms with Crippen LogP contribution in [0.5, 0.6) is 0 Å². The summed E-state index contributed by atoms with van der Waals surface area (Å²) in [6, 6.07) is 10.2. The summed E-state index contributed by atoms with van der Waals surface area (Å²) in [7, 11) is 0. The molecular formula is C12H12O. The van der Waals surface area contributed by atoms with Gasteiger partial charge in [0.1, 0.15) is 11.3 Å². The molecule has 0 amide bonds. The van der Waals surface area contributed by atoms with Gasteiger partial charge in [-0.2, -0.15) is 0 Å². The van der Waals surface area contributed by atoms with Crippen LogP contribution in [-0.4, -0.2) is 0 Å². The maximum absolute atomic E-state index is 5.62. The van der Waals surface area contributed by atoms with Gasteiger partial charge in [-0.05, 0) is 18.6 Å². The predicted octanol–water partition coefficient (Wildman–Crippen LogP) is 3.55. The van der Waals surface area contributed by atoms with Gasteiger partial charge < -0.3 is 4.42 Å². The van der Waals surface area contributed by atoms with E-state index < -0.39 is 0 Å². The lowest BCUT2D eigenvalue weighted by Gasteiger charge is -1.88. The van der Waals surface area contributed by atoms with Crippen molar-refractivity contribution in [1.82, 2.24) is 0 Å². The van der Waals surface area contributed by atoms with Crippen molar-refractivity contribution in [3.8, 4) is 0 Å². The molecule has 0 spiro atoms. The highest BCUT2D eigenvalue weighted by molar-refractivity contribution is 5.77. The summed E-state index contributed by atoms with van der Waals surface area (Å²) in [5.74, 6) is 1.04. The highest BCUT2D eigenvalue weighted by atomic mass is 16.3. The summed E-state index contributed by atoms with van der Waals surface area (Å²) < 4.78 is 5.62. The lowest BCUT2D eigenvalue weighted by Crippen LogP contribution is -1.75.